The first-order chi connectivity index (χ1) is 10.2. The van der Waals surface area contributed by atoms with Gasteiger partial charge in [0.05, 0.1) is 6.61 Å². The third-order valence-electron chi connectivity index (χ3n) is 5.30. The van der Waals surface area contributed by atoms with Crippen LogP contribution < -0.4 is 5.32 Å². The summed E-state index contributed by atoms with van der Waals surface area (Å²) in [6, 6.07) is 0.740. The number of rotatable bonds is 10. The highest BCUT2D eigenvalue weighted by Crippen LogP contribution is 2.36. The van der Waals surface area contributed by atoms with Gasteiger partial charge in [0.15, 0.2) is 0 Å². The van der Waals surface area contributed by atoms with E-state index < -0.39 is 0 Å². The molecule has 21 heavy (non-hydrogen) atoms. The van der Waals surface area contributed by atoms with Crippen molar-refractivity contribution in [2.75, 3.05) is 40.4 Å². The number of ether oxygens (including phenoxy) is 1. The van der Waals surface area contributed by atoms with Crippen LogP contribution in [0.5, 0.6) is 0 Å². The summed E-state index contributed by atoms with van der Waals surface area (Å²) in [4.78, 5) is 2.63. The van der Waals surface area contributed by atoms with E-state index in [4.69, 9.17) is 4.74 Å². The van der Waals surface area contributed by atoms with Crippen molar-refractivity contribution in [2.45, 2.75) is 71.3 Å². The molecule has 0 aromatic carbocycles. The highest BCUT2D eigenvalue weighted by molar-refractivity contribution is 4.87. The predicted octanol–water partition coefficient (Wildman–Crippen LogP) is 3.68. The summed E-state index contributed by atoms with van der Waals surface area (Å²) < 4.78 is 5.17. The van der Waals surface area contributed by atoms with Crippen molar-refractivity contribution in [1.82, 2.24) is 10.2 Å². The molecule has 0 aromatic heterocycles. The van der Waals surface area contributed by atoms with Crippen molar-refractivity contribution in [2.24, 2.45) is 5.41 Å². The quantitative estimate of drug-likeness (QED) is 0.492. The lowest BCUT2D eigenvalue weighted by Crippen LogP contribution is -2.46. The van der Waals surface area contributed by atoms with Crippen LogP contribution in [-0.2, 0) is 4.74 Å². The molecule has 0 heterocycles. The average molecular weight is 299 g/mol. The van der Waals surface area contributed by atoms with E-state index in [2.05, 4.69) is 31.1 Å². The molecule has 3 heteroatoms. The molecule has 0 amide bonds. The zero-order valence-electron chi connectivity index (χ0n) is 14.9. The van der Waals surface area contributed by atoms with E-state index in [1.807, 2.05) is 0 Å². The van der Waals surface area contributed by atoms with Gasteiger partial charge in [0.2, 0.25) is 0 Å². The molecule has 0 radical (unpaired) electrons. The standard InChI is InChI=1S/C18H38N2O/c1-5-17(6-2)20(3)16-18(15-19-13-14-21-4)11-9-7-8-10-12-18/h17,19H,5-16H2,1-4H3. The fourth-order valence-electron chi connectivity index (χ4n) is 3.97. The number of nitrogens with one attached hydrogen (secondary N) is 1. The van der Waals surface area contributed by atoms with Crippen LogP contribution in [0.25, 0.3) is 0 Å². The van der Waals surface area contributed by atoms with Gasteiger partial charge in [-0.05, 0) is 38.1 Å². The normalized spacial score (nSPS) is 19.1. The van der Waals surface area contributed by atoms with Crippen molar-refractivity contribution < 1.29 is 4.74 Å². The van der Waals surface area contributed by atoms with Gasteiger partial charge in [0.25, 0.3) is 0 Å². The van der Waals surface area contributed by atoms with Crippen molar-refractivity contribution in [3.8, 4) is 0 Å². The summed E-state index contributed by atoms with van der Waals surface area (Å²) >= 11 is 0. The molecule has 0 aromatic rings. The number of methoxy groups -OCH3 is 1. The lowest BCUT2D eigenvalue weighted by Gasteiger charge is -2.39. The summed E-state index contributed by atoms with van der Waals surface area (Å²) in [5.41, 5.74) is 0.474. The number of nitrogens with zero attached hydrogens (tertiary/aromatic N) is 1. The lowest BCUT2D eigenvalue weighted by atomic mass is 9.79. The van der Waals surface area contributed by atoms with Crippen LogP contribution in [0.15, 0.2) is 0 Å². The fourth-order valence-corrected chi connectivity index (χ4v) is 3.97. The molecule has 0 atom stereocenters. The van der Waals surface area contributed by atoms with Gasteiger partial charge in [-0.15, -0.1) is 0 Å². The lowest BCUT2D eigenvalue weighted by molar-refractivity contribution is 0.107. The topological polar surface area (TPSA) is 24.5 Å². The van der Waals surface area contributed by atoms with E-state index in [9.17, 15) is 0 Å². The Morgan fingerprint density at radius 1 is 1.10 bits per heavy atom. The minimum absolute atomic E-state index is 0.474. The van der Waals surface area contributed by atoms with Crippen molar-refractivity contribution in [1.29, 1.82) is 0 Å². The van der Waals surface area contributed by atoms with Gasteiger partial charge >= 0.3 is 0 Å². The summed E-state index contributed by atoms with van der Waals surface area (Å²) in [7, 11) is 4.11. The third-order valence-corrected chi connectivity index (χ3v) is 5.30. The van der Waals surface area contributed by atoms with Crippen molar-refractivity contribution >= 4 is 0 Å². The van der Waals surface area contributed by atoms with E-state index in [-0.39, 0.29) is 0 Å². The highest BCUT2D eigenvalue weighted by atomic mass is 16.5. The fraction of sp³-hybridized carbons (Fsp3) is 1.00. The van der Waals surface area contributed by atoms with Crippen LogP contribution >= 0.6 is 0 Å². The van der Waals surface area contributed by atoms with Gasteiger partial charge in [0, 0.05) is 32.8 Å². The molecule has 0 spiro atoms. The summed E-state index contributed by atoms with van der Waals surface area (Å²) in [5.74, 6) is 0. The first-order valence-electron chi connectivity index (χ1n) is 9.07. The van der Waals surface area contributed by atoms with Crippen LogP contribution in [0, 0.1) is 5.41 Å². The van der Waals surface area contributed by atoms with Crippen LogP contribution in [0.2, 0.25) is 0 Å². The number of hydrogen-bond acceptors (Lipinski definition) is 3. The van der Waals surface area contributed by atoms with Gasteiger partial charge in [-0.2, -0.15) is 0 Å². The summed E-state index contributed by atoms with van der Waals surface area (Å²) in [5, 5.41) is 3.65. The molecular weight excluding hydrogens is 260 g/mol. The third kappa shape index (κ3) is 6.66. The molecule has 0 saturated heterocycles. The molecular formula is C18H38N2O. The van der Waals surface area contributed by atoms with E-state index in [1.54, 1.807) is 7.11 Å². The smallest absolute Gasteiger partial charge is 0.0587 e. The molecule has 1 aliphatic carbocycles. The Balaban J connectivity index is 2.61. The minimum atomic E-state index is 0.474. The molecule has 0 unspecified atom stereocenters. The Labute approximate surface area is 132 Å². The maximum absolute atomic E-state index is 5.17. The van der Waals surface area contributed by atoms with Gasteiger partial charge in [-0.1, -0.05) is 39.5 Å². The predicted molar refractivity (Wildman–Crippen MR) is 91.9 cm³/mol. The van der Waals surface area contributed by atoms with E-state index in [1.165, 1.54) is 57.9 Å². The van der Waals surface area contributed by atoms with E-state index >= 15 is 0 Å². The van der Waals surface area contributed by atoms with Gasteiger partial charge < -0.3 is 15.0 Å². The maximum atomic E-state index is 5.17. The van der Waals surface area contributed by atoms with Gasteiger partial charge in [0.1, 0.15) is 0 Å². The average Bonchev–Trinajstić information content (AvgIpc) is 2.71. The summed E-state index contributed by atoms with van der Waals surface area (Å²) in [6.45, 7) is 8.84. The number of hydrogen-bond donors (Lipinski definition) is 1. The Hall–Kier alpha value is -0.120. The second-order valence-corrected chi connectivity index (χ2v) is 6.97. The second kappa shape index (κ2) is 10.6. The Morgan fingerprint density at radius 3 is 2.24 bits per heavy atom. The zero-order valence-corrected chi connectivity index (χ0v) is 14.9. The van der Waals surface area contributed by atoms with Crippen molar-refractivity contribution in [3.63, 3.8) is 0 Å². The molecule has 126 valence electrons. The van der Waals surface area contributed by atoms with Crippen LogP contribution in [-0.4, -0.2) is 51.3 Å². The Bertz CT molecular complexity index is 246. The largest absolute Gasteiger partial charge is 0.383 e. The molecule has 0 aliphatic heterocycles. The Morgan fingerprint density at radius 2 is 1.71 bits per heavy atom. The SMILES string of the molecule is CCC(CC)N(C)CC1(CNCCOC)CCCCCC1. The molecule has 1 N–H and O–H groups in total. The molecule has 1 aliphatic rings. The van der Waals surface area contributed by atoms with E-state index in [0.717, 1.165) is 25.7 Å². The van der Waals surface area contributed by atoms with Crippen LogP contribution in [0.3, 0.4) is 0 Å². The maximum Gasteiger partial charge on any atom is 0.0587 e. The van der Waals surface area contributed by atoms with Gasteiger partial charge in [-0.25, -0.2) is 0 Å². The minimum Gasteiger partial charge on any atom is -0.383 e. The molecule has 1 saturated carbocycles. The molecule has 1 fully saturated rings. The first kappa shape index (κ1) is 18.9. The van der Waals surface area contributed by atoms with Gasteiger partial charge in [-0.3, -0.25) is 0 Å². The zero-order chi connectivity index (χ0) is 15.6. The first-order valence-corrected chi connectivity index (χ1v) is 9.07. The van der Waals surface area contributed by atoms with Crippen LogP contribution in [0.4, 0.5) is 0 Å². The van der Waals surface area contributed by atoms with E-state index in [0.29, 0.717) is 5.41 Å². The summed E-state index contributed by atoms with van der Waals surface area (Å²) in [6.07, 6.45) is 11.0. The Kier molecular flexibility index (Phi) is 9.54. The van der Waals surface area contributed by atoms with Crippen molar-refractivity contribution in [3.05, 3.63) is 0 Å². The van der Waals surface area contributed by atoms with Crippen LogP contribution in [0.1, 0.15) is 65.2 Å². The molecule has 0 bridgehead atoms. The highest BCUT2D eigenvalue weighted by Gasteiger charge is 2.32. The second-order valence-electron chi connectivity index (χ2n) is 6.97. The monoisotopic (exact) mass is 298 g/mol. The molecule has 3 nitrogen and oxygen atoms in total. The molecule has 1 rings (SSSR count).